The molecule has 1 saturated heterocycles. The van der Waals surface area contributed by atoms with E-state index in [1.807, 2.05) is 70.0 Å². The number of carbonyl (C=O) groups is 1. The molecule has 1 aliphatic carbocycles. The largest absolute Gasteiger partial charge is 0.374 e. The SMILES string of the molecule is CO[C@@]1(C)C=CC=C(c2ccc(C3ON=C(CCN4CCCCC4)N3C)c(=O)n2CC(=O)NC(C)(C)C)C1. The van der Waals surface area contributed by atoms with Crippen molar-refractivity contribution in [3.8, 4) is 0 Å². The van der Waals surface area contributed by atoms with Gasteiger partial charge in [-0.1, -0.05) is 29.8 Å². The summed E-state index contributed by atoms with van der Waals surface area (Å²) < 4.78 is 7.26. The standard InChI is InChI=1S/C29H43N5O4/c1-28(2,3)30-25(35)20-34-23(21-11-10-15-29(4,19-21)37-6)13-12-22(26(34)36)27-32(5)24(31-38-27)14-18-33-16-8-7-9-17-33/h10-13,15,27H,7-9,14,16-20H2,1-6H3,(H,30,35)/t27?,29-/m0/s1. The molecule has 1 aromatic heterocycles. The van der Waals surface area contributed by atoms with Crippen LogP contribution in [0.1, 0.15) is 77.3 Å². The Kier molecular flexibility index (Phi) is 8.47. The van der Waals surface area contributed by atoms with Gasteiger partial charge in [0.15, 0.2) is 0 Å². The van der Waals surface area contributed by atoms with Crippen LogP contribution in [0.5, 0.6) is 0 Å². The van der Waals surface area contributed by atoms with Crippen molar-refractivity contribution in [2.75, 3.05) is 33.8 Å². The first-order valence-corrected chi connectivity index (χ1v) is 13.7. The van der Waals surface area contributed by atoms with Gasteiger partial charge < -0.3 is 24.7 Å². The van der Waals surface area contributed by atoms with Crippen LogP contribution in [0.15, 0.2) is 40.3 Å². The van der Waals surface area contributed by atoms with Crippen molar-refractivity contribution in [3.63, 3.8) is 0 Å². The average molecular weight is 526 g/mol. The number of allylic oxidation sites excluding steroid dienone is 2. The fraction of sp³-hybridized carbons (Fsp3) is 0.621. The highest BCUT2D eigenvalue weighted by Gasteiger charge is 2.33. The summed E-state index contributed by atoms with van der Waals surface area (Å²) in [5.41, 5.74) is 0.934. The van der Waals surface area contributed by atoms with Gasteiger partial charge in [-0.2, -0.15) is 0 Å². The maximum absolute atomic E-state index is 13.9. The maximum atomic E-state index is 13.9. The van der Waals surface area contributed by atoms with Gasteiger partial charge >= 0.3 is 0 Å². The number of likely N-dealkylation sites (tertiary alicyclic amines) is 1. The molecule has 0 aromatic carbocycles. The van der Waals surface area contributed by atoms with Crippen LogP contribution in [-0.2, 0) is 20.9 Å². The van der Waals surface area contributed by atoms with E-state index < -0.39 is 17.4 Å². The Hall–Kier alpha value is -2.91. The third kappa shape index (κ3) is 6.56. The van der Waals surface area contributed by atoms with Crippen LogP contribution in [0.25, 0.3) is 5.57 Å². The van der Waals surface area contributed by atoms with Crippen LogP contribution in [0, 0.1) is 0 Å². The summed E-state index contributed by atoms with van der Waals surface area (Å²) in [6, 6.07) is 3.72. The van der Waals surface area contributed by atoms with Crippen LogP contribution in [-0.4, -0.2) is 71.0 Å². The predicted molar refractivity (Wildman–Crippen MR) is 150 cm³/mol. The van der Waals surface area contributed by atoms with Crippen molar-refractivity contribution in [1.29, 1.82) is 0 Å². The van der Waals surface area contributed by atoms with Crippen LogP contribution in [0.4, 0.5) is 0 Å². The molecule has 1 amide bonds. The van der Waals surface area contributed by atoms with Crippen molar-refractivity contribution in [1.82, 2.24) is 19.7 Å². The number of methoxy groups -OCH3 is 1. The molecule has 208 valence electrons. The number of amides is 1. The smallest absolute Gasteiger partial charge is 0.260 e. The molecule has 3 aliphatic rings. The molecule has 4 rings (SSSR count). The minimum Gasteiger partial charge on any atom is -0.374 e. The van der Waals surface area contributed by atoms with Gasteiger partial charge in [0.1, 0.15) is 12.4 Å². The number of hydrogen-bond donors (Lipinski definition) is 1. The zero-order valence-electron chi connectivity index (χ0n) is 23.7. The molecular weight excluding hydrogens is 482 g/mol. The van der Waals surface area contributed by atoms with E-state index in [-0.39, 0.29) is 18.0 Å². The number of rotatable bonds is 8. The lowest BCUT2D eigenvalue weighted by Gasteiger charge is -2.30. The Balaban J connectivity index is 1.60. The van der Waals surface area contributed by atoms with E-state index >= 15 is 0 Å². The summed E-state index contributed by atoms with van der Waals surface area (Å²) in [5, 5.41) is 7.31. The highest BCUT2D eigenvalue weighted by Crippen LogP contribution is 2.33. The van der Waals surface area contributed by atoms with Crippen molar-refractivity contribution < 1.29 is 14.4 Å². The summed E-state index contributed by atoms with van der Waals surface area (Å²) in [7, 11) is 3.59. The van der Waals surface area contributed by atoms with E-state index in [0.29, 0.717) is 17.7 Å². The molecule has 2 aliphatic heterocycles. The van der Waals surface area contributed by atoms with E-state index in [4.69, 9.17) is 9.57 Å². The van der Waals surface area contributed by atoms with Gasteiger partial charge in [0, 0.05) is 44.8 Å². The van der Waals surface area contributed by atoms with Gasteiger partial charge in [0.05, 0.1) is 11.2 Å². The number of piperidine rings is 1. The normalized spacial score (nSPS) is 24.2. The lowest BCUT2D eigenvalue weighted by molar-refractivity contribution is -0.123. The molecule has 2 atom stereocenters. The van der Waals surface area contributed by atoms with E-state index in [1.165, 1.54) is 19.3 Å². The van der Waals surface area contributed by atoms with Gasteiger partial charge in [-0.15, -0.1) is 0 Å². The van der Waals surface area contributed by atoms with Gasteiger partial charge in [-0.05, 0) is 71.3 Å². The first kappa shape index (κ1) is 28.1. The first-order valence-electron chi connectivity index (χ1n) is 13.7. The highest BCUT2D eigenvalue weighted by atomic mass is 16.7. The molecule has 38 heavy (non-hydrogen) atoms. The first-order chi connectivity index (χ1) is 18.0. The molecule has 3 heterocycles. The molecule has 0 spiro atoms. The van der Waals surface area contributed by atoms with Crippen molar-refractivity contribution in [2.45, 2.75) is 83.7 Å². The lowest BCUT2D eigenvalue weighted by atomic mass is 9.89. The van der Waals surface area contributed by atoms with Crippen LogP contribution >= 0.6 is 0 Å². The van der Waals surface area contributed by atoms with Crippen molar-refractivity contribution in [2.24, 2.45) is 5.16 Å². The Morgan fingerprint density at radius 3 is 2.66 bits per heavy atom. The van der Waals surface area contributed by atoms with Crippen molar-refractivity contribution >= 4 is 17.3 Å². The van der Waals surface area contributed by atoms with E-state index in [9.17, 15) is 9.59 Å². The number of pyridine rings is 1. The number of nitrogens with one attached hydrogen (secondary N) is 1. The fourth-order valence-corrected chi connectivity index (χ4v) is 5.31. The molecule has 0 radical (unpaired) electrons. The number of hydrogen-bond acceptors (Lipinski definition) is 7. The van der Waals surface area contributed by atoms with Crippen LogP contribution < -0.4 is 10.9 Å². The quantitative estimate of drug-likeness (QED) is 0.557. The summed E-state index contributed by atoms with van der Waals surface area (Å²) >= 11 is 0. The topological polar surface area (TPSA) is 88.4 Å². The van der Waals surface area contributed by atoms with E-state index in [0.717, 1.165) is 37.5 Å². The Morgan fingerprint density at radius 1 is 1.24 bits per heavy atom. The molecule has 1 N–H and O–H groups in total. The zero-order chi connectivity index (χ0) is 27.5. The zero-order valence-corrected chi connectivity index (χ0v) is 23.7. The van der Waals surface area contributed by atoms with E-state index in [1.54, 1.807) is 11.7 Å². The van der Waals surface area contributed by atoms with Gasteiger partial charge in [-0.25, -0.2) is 0 Å². The average Bonchev–Trinajstić information content (AvgIpc) is 3.23. The highest BCUT2D eigenvalue weighted by molar-refractivity contribution is 5.83. The minimum atomic E-state index is -0.630. The van der Waals surface area contributed by atoms with Gasteiger partial charge in [-0.3, -0.25) is 14.2 Å². The number of nitrogens with zero attached hydrogens (tertiary/aromatic N) is 4. The summed E-state index contributed by atoms with van der Waals surface area (Å²) in [5.74, 6) is 0.607. The molecule has 9 nitrogen and oxygen atoms in total. The second-order valence-corrected chi connectivity index (χ2v) is 11.8. The summed E-state index contributed by atoms with van der Waals surface area (Å²) in [4.78, 5) is 37.1. The van der Waals surface area contributed by atoms with E-state index in [2.05, 4.69) is 15.4 Å². The molecule has 1 aromatic rings. The number of ether oxygens (including phenoxy) is 1. The molecule has 9 heteroatoms. The minimum absolute atomic E-state index is 0.0941. The second kappa shape index (κ2) is 11.5. The Bertz CT molecular complexity index is 1170. The Morgan fingerprint density at radius 2 is 1.97 bits per heavy atom. The number of aromatic nitrogens is 1. The molecular formula is C29H43N5O4. The molecule has 0 bridgehead atoms. The van der Waals surface area contributed by atoms with Crippen LogP contribution in [0.2, 0.25) is 0 Å². The second-order valence-electron chi connectivity index (χ2n) is 11.8. The number of amidine groups is 1. The Labute approximate surface area is 226 Å². The predicted octanol–water partition coefficient (Wildman–Crippen LogP) is 3.66. The van der Waals surface area contributed by atoms with Gasteiger partial charge in [0.25, 0.3) is 5.56 Å². The summed E-state index contributed by atoms with van der Waals surface area (Å²) in [6.45, 7) is 10.9. The third-order valence-corrected chi connectivity index (χ3v) is 7.49. The van der Waals surface area contributed by atoms with Gasteiger partial charge in [0.2, 0.25) is 12.1 Å². The molecule has 1 fully saturated rings. The van der Waals surface area contributed by atoms with Crippen molar-refractivity contribution in [3.05, 3.63) is 52.0 Å². The molecule has 1 unspecified atom stereocenters. The maximum Gasteiger partial charge on any atom is 0.260 e. The monoisotopic (exact) mass is 525 g/mol. The van der Waals surface area contributed by atoms with Crippen LogP contribution in [0.3, 0.4) is 0 Å². The third-order valence-electron chi connectivity index (χ3n) is 7.49. The number of carbonyl (C=O) groups excluding carboxylic acids is 1. The fourth-order valence-electron chi connectivity index (χ4n) is 5.31. The summed E-state index contributed by atoms with van der Waals surface area (Å²) in [6.07, 6.45) is 10.4. The number of oxime groups is 1. The molecule has 0 saturated carbocycles. The lowest BCUT2D eigenvalue weighted by Crippen LogP contribution is -2.44.